The number of rotatable bonds is 6. The molecule has 0 fully saturated rings. The van der Waals surface area contributed by atoms with Crippen LogP contribution in [0.4, 0.5) is 0 Å². The van der Waals surface area contributed by atoms with Crippen molar-refractivity contribution in [1.82, 2.24) is 4.31 Å². The molecule has 0 bridgehead atoms. The molecular formula is C12H20N2O3S. The minimum absolute atomic E-state index is 0.116. The summed E-state index contributed by atoms with van der Waals surface area (Å²) in [6.07, 6.45) is 0. The molecule has 1 aromatic rings. The molecule has 0 amide bonds. The number of ether oxygens (including phenoxy) is 1. The number of sulfonamides is 1. The summed E-state index contributed by atoms with van der Waals surface area (Å²) >= 11 is 0. The smallest absolute Gasteiger partial charge is 0.218 e. The average Bonchev–Trinajstić information content (AvgIpc) is 2.37. The summed E-state index contributed by atoms with van der Waals surface area (Å²) < 4.78 is 30.5. The van der Waals surface area contributed by atoms with Crippen molar-refractivity contribution in [3.05, 3.63) is 29.8 Å². The molecule has 5 nitrogen and oxygen atoms in total. The minimum atomic E-state index is -3.34. The highest BCUT2D eigenvalue weighted by atomic mass is 32.2. The van der Waals surface area contributed by atoms with Gasteiger partial charge in [0, 0.05) is 20.1 Å². The number of hydrogen-bond acceptors (Lipinski definition) is 4. The Balaban J connectivity index is 2.84. The van der Waals surface area contributed by atoms with E-state index >= 15 is 0 Å². The first-order valence-electron chi connectivity index (χ1n) is 5.70. The summed E-state index contributed by atoms with van der Waals surface area (Å²) in [5.74, 6) is 0.713. The molecule has 1 rings (SSSR count). The van der Waals surface area contributed by atoms with E-state index < -0.39 is 15.3 Å². The fourth-order valence-corrected chi connectivity index (χ4v) is 2.73. The fraction of sp³-hybridized carbons (Fsp3) is 0.500. The molecule has 0 aliphatic heterocycles. The first-order chi connectivity index (χ1) is 8.41. The van der Waals surface area contributed by atoms with Gasteiger partial charge in [0.05, 0.1) is 12.4 Å². The lowest BCUT2D eigenvalue weighted by atomic mass is 10.2. The number of benzene rings is 1. The van der Waals surface area contributed by atoms with Gasteiger partial charge in [0.1, 0.15) is 5.75 Å². The van der Waals surface area contributed by atoms with Gasteiger partial charge in [0.15, 0.2) is 0 Å². The topological polar surface area (TPSA) is 72.6 Å². The summed E-state index contributed by atoms with van der Waals surface area (Å²) in [7, 11) is -0.203. The molecule has 6 heteroatoms. The molecule has 0 saturated carbocycles. The van der Waals surface area contributed by atoms with Crippen molar-refractivity contribution in [3.63, 3.8) is 0 Å². The van der Waals surface area contributed by atoms with Crippen LogP contribution in [-0.4, -0.2) is 38.7 Å². The molecule has 0 radical (unpaired) electrons. The van der Waals surface area contributed by atoms with E-state index in [9.17, 15) is 8.42 Å². The third kappa shape index (κ3) is 3.44. The molecule has 0 aliphatic rings. The number of nitrogens with two attached hydrogens (primary N) is 1. The van der Waals surface area contributed by atoms with Crippen LogP contribution in [0.2, 0.25) is 0 Å². The van der Waals surface area contributed by atoms with E-state index in [1.807, 2.05) is 24.3 Å². The highest BCUT2D eigenvalue weighted by Crippen LogP contribution is 2.16. The Morgan fingerprint density at radius 1 is 1.44 bits per heavy atom. The van der Waals surface area contributed by atoms with E-state index in [1.165, 1.54) is 4.31 Å². The second-order valence-corrected chi connectivity index (χ2v) is 6.66. The second kappa shape index (κ2) is 6.17. The fourth-order valence-electron chi connectivity index (χ4n) is 1.55. The lowest BCUT2D eigenvalue weighted by molar-refractivity contribution is 0.412. The monoisotopic (exact) mass is 272 g/mol. The molecule has 0 saturated heterocycles. The van der Waals surface area contributed by atoms with Crippen molar-refractivity contribution in [2.75, 3.05) is 20.7 Å². The van der Waals surface area contributed by atoms with Gasteiger partial charge in [-0.05, 0) is 24.6 Å². The summed E-state index contributed by atoms with van der Waals surface area (Å²) in [5, 5.41) is -0.576. The molecule has 0 aliphatic carbocycles. The summed E-state index contributed by atoms with van der Waals surface area (Å²) in [6.45, 7) is 2.03. The molecule has 1 atom stereocenters. The van der Waals surface area contributed by atoms with Crippen LogP contribution in [0.1, 0.15) is 12.5 Å². The maximum Gasteiger partial charge on any atom is 0.218 e. The SMILES string of the molecule is COc1cccc(CN(C)S(=O)(=O)C(C)CN)c1. The Labute approximate surface area is 109 Å². The van der Waals surface area contributed by atoms with Gasteiger partial charge in [0.25, 0.3) is 0 Å². The Bertz CT molecular complexity index is 488. The largest absolute Gasteiger partial charge is 0.497 e. The lowest BCUT2D eigenvalue weighted by Gasteiger charge is -2.21. The van der Waals surface area contributed by atoms with Crippen LogP contribution in [0.15, 0.2) is 24.3 Å². The number of nitrogens with zero attached hydrogens (tertiary/aromatic N) is 1. The van der Waals surface area contributed by atoms with E-state index in [0.29, 0.717) is 12.3 Å². The van der Waals surface area contributed by atoms with E-state index in [1.54, 1.807) is 21.1 Å². The third-order valence-electron chi connectivity index (χ3n) is 2.81. The quantitative estimate of drug-likeness (QED) is 0.831. The molecular weight excluding hydrogens is 252 g/mol. The van der Waals surface area contributed by atoms with Crippen molar-refractivity contribution in [2.45, 2.75) is 18.7 Å². The predicted molar refractivity (Wildman–Crippen MR) is 71.9 cm³/mol. The molecule has 102 valence electrons. The summed E-state index contributed by atoms with van der Waals surface area (Å²) in [6, 6.07) is 7.34. The van der Waals surface area contributed by atoms with Crippen LogP contribution in [0.3, 0.4) is 0 Å². The third-order valence-corrected chi connectivity index (χ3v) is 5.02. The van der Waals surface area contributed by atoms with E-state index in [4.69, 9.17) is 10.5 Å². The molecule has 0 heterocycles. The van der Waals surface area contributed by atoms with Gasteiger partial charge < -0.3 is 10.5 Å². The van der Waals surface area contributed by atoms with Gasteiger partial charge in [-0.1, -0.05) is 12.1 Å². The van der Waals surface area contributed by atoms with Crippen LogP contribution >= 0.6 is 0 Å². The standard InChI is InChI=1S/C12H20N2O3S/c1-10(8-13)18(15,16)14(2)9-11-5-4-6-12(7-11)17-3/h4-7,10H,8-9,13H2,1-3H3. The van der Waals surface area contributed by atoms with Crippen molar-refractivity contribution in [3.8, 4) is 5.75 Å². The second-order valence-electron chi connectivity index (χ2n) is 4.20. The first kappa shape index (κ1) is 14.9. The normalized spacial score (nSPS) is 13.6. The van der Waals surface area contributed by atoms with E-state index in [-0.39, 0.29) is 6.54 Å². The maximum atomic E-state index is 12.0. The highest BCUT2D eigenvalue weighted by Gasteiger charge is 2.24. The van der Waals surface area contributed by atoms with Gasteiger partial charge in [-0.25, -0.2) is 12.7 Å². The zero-order valence-electron chi connectivity index (χ0n) is 11.0. The van der Waals surface area contributed by atoms with Crippen molar-refractivity contribution >= 4 is 10.0 Å². The zero-order chi connectivity index (χ0) is 13.8. The average molecular weight is 272 g/mol. The summed E-state index contributed by atoms with van der Waals surface area (Å²) in [4.78, 5) is 0. The van der Waals surface area contributed by atoms with Gasteiger partial charge in [-0.15, -0.1) is 0 Å². The Morgan fingerprint density at radius 2 is 2.11 bits per heavy atom. The van der Waals surface area contributed by atoms with Gasteiger partial charge in [0.2, 0.25) is 10.0 Å². The van der Waals surface area contributed by atoms with Gasteiger partial charge in [-0.3, -0.25) is 0 Å². The summed E-state index contributed by atoms with van der Waals surface area (Å²) in [5.41, 5.74) is 6.29. The Kier molecular flexibility index (Phi) is 5.13. The van der Waals surface area contributed by atoms with Crippen LogP contribution in [0.5, 0.6) is 5.75 Å². The molecule has 0 spiro atoms. The van der Waals surface area contributed by atoms with Gasteiger partial charge in [-0.2, -0.15) is 0 Å². The Morgan fingerprint density at radius 3 is 2.67 bits per heavy atom. The van der Waals surface area contributed by atoms with Crippen molar-refractivity contribution < 1.29 is 13.2 Å². The minimum Gasteiger partial charge on any atom is -0.497 e. The molecule has 0 aromatic heterocycles. The lowest BCUT2D eigenvalue weighted by Crippen LogP contribution is -2.38. The van der Waals surface area contributed by atoms with Crippen LogP contribution in [0, 0.1) is 0 Å². The van der Waals surface area contributed by atoms with Crippen molar-refractivity contribution in [2.24, 2.45) is 5.73 Å². The van der Waals surface area contributed by atoms with E-state index in [2.05, 4.69) is 0 Å². The molecule has 18 heavy (non-hydrogen) atoms. The maximum absolute atomic E-state index is 12.0. The Hall–Kier alpha value is -1.11. The highest BCUT2D eigenvalue weighted by molar-refractivity contribution is 7.89. The van der Waals surface area contributed by atoms with E-state index in [0.717, 1.165) is 5.56 Å². The molecule has 2 N–H and O–H groups in total. The predicted octanol–water partition coefficient (Wildman–Crippen LogP) is 0.804. The van der Waals surface area contributed by atoms with Crippen molar-refractivity contribution in [1.29, 1.82) is 0 Å². The van der Waals surface area contributed by atoms with Crippen LogP contribution in [0.25, 0.3) is 0 Å². The zero-order valence-corrected chi connectivity index (χ0v) is 11.8. The first-order valence-corrected chi connectivity index (χ1v) is 7.20. The van der Waals surface area contributed by atoms with Gasteiger partial charge >= 0.3 is 0 Å². The number of methoxy groups -OCH3 is 1. The van der Waals surface area contributed by atoms with Crippen LogP contribution in [-0.2, 0) is 16.6 Å². The van der Waals surface area contributed by atoms with Crippen LogP contribution < -0.4 is 10.5 Å². The number of hydrogen-bond donors (Lipinski definition) is 1. The molecule has 1 unspecified atom stereocenters. The molecule has 1 aromatic carbocycles.